The second-order valence-electron chi connectivity index (χ2n) is 5.05. The monoisotopic (exact) mass is 300 g/mol. The standard InChI is InChI=1S/C21H16O2/c22-19(12-11-17-7-3-1-4-8-17)13-14-20-15-16-21(23-20)18-9-5-2-6-10-18/h1-16H. The van der Waals surface area contributed by atoms with Gasteiger partial charge < -0.3 is 4.42 Å². The van der Waals surface area contributed by atoms with Gasteiger partial charge in [-0.1, -0.05) is 66.7 Å². The molecule has 0 saturated heterocycles. The summed E-state index contributed by atoms with van der Waals surface area (Å²) in [5, 5.41) is 0. The van der Waals surface area contributed by atoms with Crippen LogP contribution < -0.4 is 0 Å². The summed E-state index contributed by atoms with van der Waals surface area (Å²) in [5.41, 5.74) is 2.01. The molecule has 0 bridgehead atoms. The van der Waals surface area contributed by atoms with Gasteiger partial charge in [-0.25, -0.2) is 0 Å². The van der Waals surface area contributed by atoms with Crippen LogP contribution in [0, 0.1) is 0 Å². The van der Waals surface area contributed by atoms with Crippen LogP contribution in [-0.2, 0) is 4.79 Å². The van der Waals surface area contributed by atoms with Crippen molar-refractivity contribution in [2.75, 3.05) is 0 Å². The van der Waals surface area contributed by atoms with E-state index in [2.05, 4.69) is 0 Å². The first kappa shape index (κ1) is 14.8. The van der Waals surface area contributed by atoms with Crippen LogP contribution in [0.15, 0.2) is 89.4 Å². The number of benzene rings is 2. The number of ketones is 1. The van der Waals surface area contributed by atoms with Crippen LogP contribution in [0.5, 0.6) is 0 Å². The topological polar surface area (TPSA) is 30.2 Å². The highest BCUT2D eigenvalue weighted by atomic mass is 16.3. The Labute approximate surface area is 135 Å². The van der Waals surface area contributed by atoms with Crippen molar-refractivity contribution in [2.45, 2.75) is 0 Å². The number of hydrogen-bond donors (Lipinski definition) is 0. The number of rotatable bonds is 5. The first-order valence-electron chi connectivity index (χ1n) is 7.42. The van der Waals surface area contributed by atoms with Gasteiger partial charge in [-0.05, 0) is 35.9 Å². The van der Waals surface area contributed by atoms with Gasteiger partial charge in [-0.3, -0.25) is 4.79 Å². The highest BCUT2D eigenvalue weighted by molar-refractivity contribution is 6.04. The van der Waals surface area contributed by atoms with Crippen molar-refractivity contribution >= 4 is 17.9 Å². The average Bonchev–Trinajstić information content (AvgIpc) is 3.09. The summed E-state index contributed by atoms with van der Waals surface area (Å²) in [6.07, 6.45) is 6.54. The van der Waals surface area contributed by atoms with Gasteiger partial charge in [0.1, 0.15) is 11.5 Å². The normalized spacial score (nSPS) is 11.3. The summed E-state index contributed by atoms with van der Waals surface area (Å²) in [5.74, 6) is 1.37. The maximum absolute atomic E-state index is 11.9. The number of carbonyl (C=O) groups excluding carboxylic acids is 1. The van der Waals surface area contributed by atoms with Crippen LogP contribution in [-0.4, -0.2) is 5.78 Å². The van der Waals surface area contributed by atoms with E-state index >= 15 is 0 Å². The smallest absolute Gasteiger partial charge is 0.178 e. The molecule has 1 heterocycles. The van der Waals surface area contributed by atoms with Gasteiger partial charge in [-0.2, -0.15) is 0 Å². The minimum absolute atomic E-state index is 0.0773. The predicted molar refractivity (Wildman–Crippen MR) is 93.7 cm³/mol. The molecule has 0 aliphatic carbocycles. The van der Waals surface area contributed by atoms with E-state index in [-0.39, 0.29) is 5.78 Å². The van der Waals surface area contributed by atoms with Crippen LogP contribution in [0.3, 0.4) is 0 Å². The quantitative estimate of drug-likeness (QED) is 0.603. The Morgan fingerprint density at radius 1 is 0.739 bits per heavy atom. The van der Waals surface area contributed by atoms with E-state index in [1.54, 1.807) is 18.2 Å². The maximum atomic E-state index is 11.9. The molecule has 0 amide bonds. The molecule has 2 heteroatoms. The second-order valence-corrected chi connectivity index (χ2v) is 5.05. The van der Waals surface area contributed by atoms with E-state index in [4.69, 9.17) is 4.42 Å². The molecule has 0 N–H and O–H groups in total. The fourth-order valence-corrected chi connectivity index (χ4v) is 2.16. The van der Waals surface area contributed by atoms with Crippen molar-refractivity contribution in [3.8, 4) is 11.3 Å². The third-order valence-corrected chi connectivity index (χ3v) is 3.34. The third kappa shape index (κ3) is 4.17. The van der Waals surface area contributed by atoms with Crippen molar-refractivity contribution in [1.29, 1.82) is 0 Å². The molecule has 1 aromatic heterocycles. The molecule has 0 atom stereocenters. The van der Waals surface area contributed by atoms with Crippen molar-refractivity contribution in [3.05, 3.63) is 96.3 Å². The van der Waals surface area contributed by atoms with Crippen LogP contribution >= 0.6 is 0 Å². The van der Waals surface area contributed by atoms with Gasteiger partial charge in [0.05, 0.1) is 0 Å². The molecule has 0 radical (unpaired) electrons. The molecular formula is C21H16O2. The molecule has 3 rings (SSSR count). The lowest BCUT2D eigenvalue weighted by molar-refractivity contribution is -0.110. The molecule has 0 spiro atoms. The van der Waals surface area contributed by atoms with Gasteiger partial charge in [0, 0.05) is 5.56 Å². The number of furan rings is 1. The molecule has 0 aliphatic heterocycles. The Morgan fingerprint density at radius 2 is 1.39 bits per heavy atom. The number of carbonyl (C=O) groups is 1. The molecule has 0 fully saturated rings. The van der Waals surface area contributed by atoms with E-state index in [0.717, 1.165) is 16.9 Å². The second kappa shape index (κ2) is 7.23. The molecule has 23 heavy (non-hydrogen) atoms. The Hall–Kier alpha value is -3.13. The molecule has 0 aliphatic rings. The van der Waals surface area contributed by atoms with E-state index in [9.17, 15) is 4.79 Å². The van der Waals surface area contributed by atoms with E-state index in [1.807, 2.05) is 72.8 Å². The number of allylic oxidation sites excluding steroid dienone is 2. The first-order valence-corrected chi connectivity index (χ1v) is 7.42. The van der Waals surface area contributed by atoms with Crippen LogP contribution in [0.1, 0.15) is 11.3 Å². The Balaban J connectivity index is 1.65. The minimum atomic E-state index is -0.0773. The minimum Gasteiger partial charge on any atom is -0.457 e. The lowest BCUT2D eigenvalue weighted by Crippen LogP contribution is -1.84. The largest absolute Gasteiger partial charge is 0.457 e. The molecule has 0 saturated carbocycles. The van der Waals surface area contributed by atoms with Crippen molar-refractivity contribution < 1.29 is 9.21 Å². The highest BCUT2D eigenvalue weighted by Gasteiger charge is 2.02. The van der Waals surface area contributed by atoms with Crippen LogP contribution in [0.2, 0.25) is 0 Å². The molecule has 0 unspecified atom stereocenters. The lowest BCUT2D eigenvalue weighted by Gasteiger charge is -1.94. The molecule has 2 aromatic carbocycles. The first-order chi connectivity index (χ1) is 11.3. The Bertz CT molecular complexity index is 825. The lowest BCUT2D eigenvalue weighted by atomic mass is 10.2. The fraction of sp³-hybridized carbons (Fsp3) is 0. The summed E-state index contributed by atoms with van der Waals surface area (Å²) in [7, 11) is 0. The zero-order valence-corrected chi connectivity index (χ0v) is 12.6. The van der Waals surface area contributed by atoms with Crippen molar-refractivity contribution in [1.82, 2.24) is 0 Å². The average molecular weight is 300 g/mol. The molecule has 2 nitrogen and oxygen atoms in total. The molecular weight excluding hydrogens is 284 g/mol. The maximum Gasteiger partial charge on any atom is 0.178 e. The number of hydrogen-bond acceptors (Lipinski definition) is 2. The summed E-state index contributed by atoms with van der Waals surface area (Å²) >= 11 is 0. The van der Waals surface area contributed by atoms with Gasteiger partial charge in [0.2, 0.25) is 0 Å². The predicted octanol–water partition coefficient (Wildman–Crippen LogP) is 5.24. The van der Waals surface area contributed by atoms with Gasteiger partial charge in [-0.15, -0.1) is 0 Å². The Morgan fingerprint density at radius 3 is 2.13 bits per heavy atom. The van der Waals surface area contributed by atoms with Crippen molar-refractivity contribution in [3.63, 3.8) is 0 Å². The van der Waals surface area contributed by atoms with E-state index in [1.165, 1.54) is 6.08 Å². The fourth-order valence-electron chi connectivity index (χ4n) is 2.16. The Kier molecular flexibility index (Phi) is 4.65. The van der Waals surface area contributed by atoms with Crippen LogP contribution in [0.4, 0.5) is 0 Å². The summed E-state index contributed by atoms with van der Waals surface area (Å²) in [4.78, 5) is 11.9. The van der Waals surface area contributed by atoms with Crippen LogP contribution in [0.25, 0.3) is 23.5 Å². The molecule has 112 valence electrons. The third-order valence-electron chi connectivity index (χ3n) is 3.34. The summed E-state index contributed by atoms with van der Waals surface area (Å²) < 4.78 is 5.72. The molecule has 3 aromatic rings. The van der Waals surface area contributed by atoms with Crippen molar-refractivity contribution in [2.24, 2.45) is 0 Å². The van der Waals surface area contributed by atoms with E-state index in [0.29, 0.717) is 5.76 Å². The van der Waals surface area contributed by atoms with Gasteiger partial charge in [0.25, 0.3) is 0 Å². The van der Waals surface area contributed by atoms with Gasteiger partial charge in [0.15, 0.2) is 5.78 Å². The zero-order valence-electron chi connectivity index (χ0n) is 12.6. The summed E-state index contributed by atoms with van der Waals surface area (Å²) in [6.45, 7) is 0. The zero-order chi connectivity index (χ0) is 15.9. The van der Waals surface area contributed by atoms with Gasteiger partial charge >= 0.3 is 0 Å². The highest BCUT2D eigenvalue weighted by Crippen LogP contribution is 2.22. The SMILES string of the molecule is O=C(C=Cc1ccccc1)C=Cc1ccc(-c2ccccc2)o1. The summed E-state index contributed by atoms with van der Waals surface area (Å²) in [6, 6.07) is 23.3. The van der Waals surface area contributed by atoms with E-state index < -0.39 is 0 Å².